The van der Waals surface area contributed by atoms with Gasteiger partial charge in [0.05, 0.1) is 16.1 Å². The molecule has 0 heterocycles. The van der Waals surface area contributed by atoms with Crippen molar-refractivity contribution >= 4 is 33.2 Å². The van der Waals surface area contributed by atoms with Crippen LogP contribution in [0.1, 0.15) is 21.5 Å². The molecule has 0 bridgehead atoms. The third-order valence-corrected chi connectivity index (χ3v) is 6.30. The number of carbonyl (C=O) groups is 1. The number of halogens is 4. The third kappa shape index (κ3) is 4.34. The number of amides is 1. The first-order chi connectivity index (χ1) is 14.0. The molecule has 0 aliphatic rings. The van der Waals surface area contributed by atoms with Gasteiger partial charge in [0.1, 0.15) is 0 Å². The minimum Gasteiger partial charge on any atom is -0.268 e. The minimum absolute atomic E-state index is 0.0486. The van der Waals surface area contributed by atoms with Crippen LogP contribution < -0.4 is 4.31 Å². The predicted molar refractivity (Wildman–Crippen MR) is 108 cm³/mol. The molecule has 0 aromatic heterocycles. The van der Waals surface area contributed by atoms with Crippen LogP contribution in [0.3, 0.4) is 0 Å². The number of hydrogen-bond acceptors (Lipinski definition) is 3. The molecule has 3 aromatic carbocycles. The lowest BCUT2D eigenvalue weighted by atomic mass is 10.1. The zero-order chi connectivity index (χ0) is 22.1. The van der Waals surface area contributed by atoms with Crippen LogP contribution in [0.15, 0.2) is 77.7 Å². The smallest absolute Gasteiger partial charge is 0.268 e. The Kier molecular flexibility index (Phi) is 5.92. The summed E-state index contributed by atoms with van der Waals surface area (Å²) in [6.07, 6.45) is -4.71. The van der Waals surface area contributed by atoms with Crippen LogP contribution in [0.4, 0.5) is 18.9 Å². The maximum Gasteiger partial charge on any atom is 0.416 e. The molecule has 1 amide bonds. The zero-order valence-electron chi connectivity index (χ0n) is 15.5. The molecule has 0 saturated heterocycles. The number of carbonyl (C=O) groups excluding carboxylic acids is 1. The van der Waals surface area contributed by atoms with Gasteiger partial charge < -0.3 is 0 Å². The largest absolute Gasteiger partial charge is 0.416 e. The maximum atomic E-state index is 13.3. The lowest BCUT2D eigenvalue weighted by molar-refractivity contribution is -0.137. The normalized spacial score (nSPS) is 11.9. The van der Waals surface area contributed by atoms with E-state index in [0.717, 1.165) is 18.2 Å². The van der Waals surface area contributed by atoms with Crippen LogP contribution in [-0.4, -0.2) is 14.3 Å². The summed E-state index contributed by atoms with van der Waals surface area (Å²) < 4.78 is 66.7. The molecule has 0 unspecified atom stereocenters. The summed E-state index contributed by atoms with van der Waals surface area (Å²) in [6.45, 7) is 1.60. The average molecular weight is 454 g/mol. The van der Waals surface area contributed by atoms with E-state index in [9.17, 15) is 26.4 Å². The molecular weight excluding hydrogens is 439 g/mol. The van der Waals surface area contributed by atoms with Gasteiger partial charge in [-0.15, -0.1) is 0 Å². The predicted octanol–water partition coefficient (Wildman–Crippen LogP) is 5.70. The van der Waals surface area contributed by atoms with Crippen molar-refractivity contribution in [1.82, 2.24) is 0 Å². The molecule has 0 fully saturated rings. The van der Waals surface area contributed by atoms with Crippen LogP contribution in [0.25, 0.3) is 0 Å². The van der Waals surface area contributed by atoms with E-state index in [0.29, 0.717) is 15.9 Å². The number of anilines is 1. The summed E-state index contributed by atoms with van der Waals surface area (Å²) in [6, 6.07) is 14.8. The van der Waals surface area contributed by atoms with E-state index in [-0.39, 0.29) is 15.5 Å². The number of rotatable bonds is 4. The van der Waals surface area contributed by atoms with E-state index < -0.39 is 33.4 Å². The van der Waals surface area contributed by atoms with E-state index in [1.54, 1.807) is 25.1 Å². The average Bonchev–Trinajstić information content (AvgIpc) is 2.68. The van der Waals surface area contributed by atoms with Gasteiger partial charge in [-0.25, -0.2) is 8.42 Å². The fourth-order valence-electron chi connectivity index (χ4n) is 2.81. The van der Waals surface area contributed by atoms with Gasteiger partial charge in [-0.1, -0.05) is 35.9 Å². The molecule has 0 radical (unpaired) electrons. The number of sulfonamides is 1. The van der Waals surface area contributed by atoms with Crippen molar-refractivity contribution in [3.8, 4) is 0 Å². The highest BCUT2D eigenvalue weighted by molar-refractivity contribution is 7.93. The van der Waals surface area contributed by atoms with E-state index in [1.165, 1.54) is 30.3 Å². The van der Waals surface area contributed by atoms with Gasteiger partial charge in [0.25, 0.3) is 15.9 Å². The third-order valence-electron chi connectivity index (χ3n) is 4.32. The van der Waals surface area contributed by atoms with Gasteiger partial charge in [0.15, 0.2) is 0 Å². The topological polar surface area (TPSA) is 54.5 Å². The standard InChI is InChI=1S/C21H15ClF3NO3S/c1-14-5-2-3-8-19(14)20(27)26(17-7-4-6-15(13-17)21(23,24)25)30(28,29)18-11-9-16(22)10-12-18/h2-13H,1H3. The van der Waals surface area contributed by atoms with E-state index in [4.69, 9.17) is 11.6 Å². The Hall–Kier alpha value is -2.84. The van der Waals surface area contributed by atoms with Crippen molar-refractivity contribution in [3.63, 3.8) is 0 Å². The van der Waals surface area contributed by atoms with Crippen LogP contribution in [-0.2, 0) is 16.2 Å². The molecule has 0 N–H and O–H groups in total. The van der Waals surface area contributed by atoms with Crippen molar-refractivity contribution in [2.24, 2.45) is 0 Å². The molecule has 3 aromatic rings. The van der Waals surface area contributed by atoms with Gasteiger partial charge in [-0.2, -0.15) is 17.5 Å². The zero-order valence-corrected chi connectivity index (χ0v) is 17.1. The van der Waals surface area contributed by atoms with Crippen LogP contribution in [0.5, 0.6) is 0 Å². The van der Waals surface area contributed by atoms with E-state index in [2.05, 4.69) is 0 Å². The minimum atomic E-state index is -4.71. The molecule has 0 saturated carbocycles. The second-order valence-electron chi connectivity index (χ2n) is 6.39. The monoisotopic (exact) mass is 453 g/mol. The fourth-order valence-corrected chi connectivity index (χ4v) is 4.33. The number of nitrogens with zero attached hydrogens (tertiary/aromatic N) is 1. The van der Waals surface area contributed by atoms with E-state index >= 15 is 0 Å². The maximum absolute atomic E-state index is 13.3. The summed E-state index contributed by atoms with van der Waals surface area (Å²) >= 11 is 5.81. The molecule has 0 spiro atoms. The summed E-state index contributed by atoms with van der Waals surface area (Å²) in [5.41, 5.74) is -0.972. The molecule has 30 heavy (non-hydrogen) atoms. The number of hydrogen-bond donors (Lipinski definition) is 0. The van der Waals surface area contributed by atoms with Gasteiger partial charge >= 0.3 is 6.18 Å². The summed E-state index contributed by atoms with van der Waals surface area (Å²) in [5.74, 6) is -0.970. The molecule has 9 heteroatoms. The summed E-state index contributed by atoms with van der Waals surface area (Å²) in [7, 11) is -4.54. The molecule has 0 atom stereocenters. The Bertz CT molecular complexity index is 1190. The quantitative estimate of drug-likeness (QED) is 0.509. The number of benzene rings is 3. The van der Waals surface area contributed by atoms with E-state index in [1.807, 2.05) is 0 Å². The lowest BCUT2D eigenvalue weighted by Crippen LogP contribution is -2.37. The van der Waals surface area contributed by atoms with Crippen molar-refractivity contribution in [2.45, 2.75) is 18.0 Å². The second kappa shape index (κ2) is 8.12. The first-order valence-electron chi connectivity index (χ1n) is 8.60. The van der Waals surface area contributed by atoms with Gasteiger partial charge in [0.2, 0.25) is 0 Å². The van der Waals surface area contributed by atoms with Crippen molar-refractivity contribution < 1.29 is 26.4 Å². The molecule has 4 nitrogen and oxygen atoms in total. The highest BCUT2D eigenvalue weighted by atomic mass is 35.5. The molecular formula is C21H15ClF3NO3S. The molecule has 156 valence electrons. The molecule has 3 rings (SSSR count). The van der Waals surface area contributed by atoms with Crippen LogP contribution >= 0.6 is 11.6 Å². The highest BCUT2D eigenvalue weighted by Gasteiger charge is 2.35. The Morgan fingerprint density at radius 2 is 1.57 bits per heavy atom. The fraction of sp³-hybridized carbons (Fsp3) is 0.0952. The van der Waals surface area contributed by atoms with Crippen LogP contribution in [0.2, 0.25) is 5.02 Å². The SMILES string of the molecule is Cc1ccccc1C(=O)N(c1cccc(C(F)(F)F)c1)S(=O)(=O)c1ccc(Cl)cc1. The number of aryl methyl sites for hydroxylation is 1. The molecule has 0 aliphatic heterocycles. The Morgan fingerprint density at radius 3 is 2.17 bits per heavy atom. The van der Waals surface area contributed by atoms with Gasteiger partial charge in [0, 0.05) is 10.6 Å². The van der Waals surface area contributed by atoms with Gasteiger partial charge in [-0.3, -0.25) is 4.79 Å². The first kappa shape index (κ1) is 21.9. The lowest BCUT2D eigenvalue weighted by Gasteiger charge is -2.24. The summed E-state index contributed by atoms with van der Waals surface area (Å²) in [5, 5.41) is 0.268. The second-order valence-corrected chi connectivity index (χ2v) is 8.61. The van der Waals surface area contributed by atoms with Crippen molar-refractivity contribution in [3.05, 3.63) is 94.5 Å². The Balaban J connectivity index is 2.23. The Morgan fingerprint density at radius 1 is 0.933 bits per heavy atom. The molecule has 0 aliphatic carbocycles. The van der Waals surface area contributed by atoms with Crippen molar-refractivity contribution in [2.75, 3.05) is 4.31 Å². The summed E-state index contributed by atoms with van der Waals surface area (Å²) in [4.78, 5) is 13.0. The highest BCUT2D eigenvalue weighted by Crippen LogP contribution is 2.34. The van der Waals surface area contributed by atoms with Gasteiger partial charge in [-0.05, 0) is 61.0 Å². The van der Waals surface area contributed by atoms with Crippen LogP contribution in [0, 0.1) is 6.92 Å². The van der Waals surface area contributed by atoms with Crippen molar-refractivity contribution in [1.29, 1.82) is 0 Å². The Labute approximate surface area is 176 Å². The first-order valence-corrected chi connectivity index (χ1v) is 10.4. The number of alkyl halides is 3.